The zero-order chi connectivity index (χ0) is 23.4. The predicted octanol–water partition coefficient (Wildman–Crippen LogP) is 2.53. The van der Waals surface area contributed by atoms with Gasteiger partial charge in [-0.3, -0.25) is 14.7 Å². The number of nitrogens with one attached hydrogen (secondary N) is 3. The molecule has 1 aliphatic heterocycles. The van der Waals surface area contributed by atoms with Crippen LogP contribution in [0.3, 0.4) is 0 Å². The Hall–Kier alpha value is -3.22. The number of H-pyrrole nitrogens is 1. The highest BCUT2D eigenvalue weighted by Gasteiger charge is 2.26. The van der Waals surface area contributed by atoms with Gasteiger partial charge in [0.05, 0.1) is 30.3 Å². The van der Waals surface area contributed by atoms with E-state index in [4.69, 9.17) is 10.5 Å². The van der Waals surface area contributed by atoms with Crippen LogP contribution in [-0.2, 0) is 16.0 Å². The Kier molecular flexibility index (Phi) is 7.06. The Morgan fingerprint density at radius 3 is 2.91 bits per heavy atom. The lowest BCUT2D eigenvalue weighted by molar-refractivity contribution is -0.114. The predicted molar refractivity (Wildman–Crippen MR) is 122 cm³/mol. The zero-order valence-electron chi connectivity index (χ0n) is 17.9. The normalized spacial score (nSPS) is 20.8. The number of aromatic nitrogens is 4. The summed E-state index contributed by atoms with van der Waals surface area (Å²) in [6, 6.07) is 2.92. The summed E-state index contributed by atoms with van der Waals surface area (Å²) in [6.07, 6.45) is 3.32. The van der Waals surface area contributed by atoms with Crippen LogP contribution >= 0.6 is 11.3 Å². The van der Waals surface area contributed by atoms with Gasteiger partial charge in [-0.25, -0.2) is 14.4 Å². The van der Waals surface area contributed by atoms with E-state index in [1.165, 1.54) is 24.5 Å². The number of ether oxygens (including phenoxy) is 1. The molecule has 3 aromatic heterocycles. The number of hydrogen-bond donors (Lipinski definition) is 4. The smallest absolute Gasteiger partial charge is 0.275 e. The lowest BCUT2D eigenvalue weighted by Gasteiger charge is -2.15. The van der Waals surface area contributed by atoms with Crippen LogP contribution in [0.2, 0.25) is 0 Å². The number of alkyl halides is 1. The van der Waals surface area contributed by atoms with Gasteiger partial charge in [0.15, 0.2) is 0 Å². The number of halogens is 1. The first-order chi connectivity index (χ1) is 15.9. The summed E-state index contributed by atoms with van der Waals surface area (Å²) < 4.78 is 19.4. The van der Waals surface area contributed by atoms with E-state index in [9.17, 15) is 14.0 Å². The molecular weight excluding hydrogens is 449 g/mol. The van der Waals surface area contributed by atoms with Crippen molar-refractivity contribution in [2.24, 2.45) is 5.73 Å². The van der Waals surface area contributed by atoms with Crippen molar-refractivity contribution in [1.29, 1.82) is 0 Å². The van der Waals surface area contributed by atoms with E-state index < -0.39 is 12.2 Å². The van der Waals surface area contributed by atoms with Crippen LogP contribution in [0.4, 0.5) is 15.9 Å². The van der Waals surface area contributed by atoms with E-state index in [1.54, 1.807) is 23.7 Å². The molecule has 12 heteroatoms. The summed E-state index contributed by atoms with van der Waals surface area (Å²) in [5.41, 5.74) is 7.97. The molecule has 1 saturated heterocycles. The van der Waals surface area contributed by atoms with Crippen molar-refractivity contribution in [3.05, 3.63) is 41.3 Å². The third-order valence-electron chi connectivity index (χ3n) is 5.23. The fraction of sp³-hybridized carbons (Fsp3) is 0.381. The fourth-order valence-electron chi connectivity index (χ4n) is 3.43. The summed E-state index contributed by atoms with van der Waals surface area (Å²) >= 11 is 1.31. The highest BCUT2D eigenvalue weighted by molar-refractivity contribution is 7.13. The summed E-state index contributed by atoms with van der Waals surface area (Å²) in [5.74, 6) is -0.145. The minimum absolute atomic E-state index is 0.0378. The molecule has 0 unspecified atom stereocenters. The van der Waals surface area contributed by atoms with Gasteiger partial charge in [-0.05, 0) is 25.0 Å². The molecule has 0 saturated carbocycles. The summed E-state index contributed by atoms with van der Waals surface area (Å²) in [5, 5.41) is 14.6. The first-order valence-corrected chi connectivity index (χ1v) is 11.3. The Morgan fingerprint density at radius 1 is 1.30 bits per heavy atom. The van der Waals surface area contributed by atoms with Crippen LogP contribution < -0.4 is 16.4 Å². The topological polar surface area (TPSA) is 148 Å². The molecule has 3 aromatic rings. The molecular formula is C21H24FN7O3S. The van der Waals surface area contributed by atoms with Crippen LogP contribution in [-0.4, -0.2) is 56.9 Å². The Bertz CT molecular complexity index is 1110. The van der Waals surface area contributed by atoms with E-state index in [0.29, 0.717) is 41.5 Å². The van der Waals surface area contributed by atoms with Gasteiger partial charge in [0.1, 0.15) is 22.7 Å². The number of anilines is 2. The molecule has 0 spiro atoms. The standard InChI is InChI=1S/C21H24FN7O3S/c1-11(30)26-19-5-2-12(7-24-19)21-28-18(10-33-21)20(31)27-17-8-25-29-16(17)6-13-3-4-15(23)14(22)9-32-13/h2,5,7-8,10,13-15H,3-4,6,9,23H2,1H3,(H,25,29)(H,27,31)(H,24,26,30)/t13-,14+,15+/m0/s1. The number of carbonyl (C=O) groups is 2. The molecule has 33 heavy (non-hydrogen) atoms. The van der Waals surface area contributed by atoms with Crippen LogP contribution in [0.15, 0.2) is 29.9 Å². The minimum Gasteiger partial charge on any atom is -0.375 e. The molecule has 174 valence electrons. The Morgan fingerprint density at radius 2 is 2.15 bits per heavy atom. The van der Waals surface area contributed by atoms with Crippen LogP contribution in [0, 0.1) is 0 Å². The molecule has 4 heterocycles. The molecule has 3 atom stereocenters. The molecule has 5 N–H and O–H groups in total. The van der Waals surface area contributed by atoms with Gasteiger partial charge < -0.3 is 21.1 Å². The van der Waals surface area contributed by atoms with Crippen molar-refractivity contribution in [3.8, 4) is 10.6 Å². The molecule has 4 rings (SSSR count). The summed E-state index contributed by atoms with van der Waals surface area (Å²) in [4.78, 5) is 32.4. The largest absolute Gasteiger partial charge is 0.375 e. The van der Waals surface area contributed by atoms with Crippen molar-refractivity contribution in [2.45, 2.75) is 44.5 Å². The van der Waals surface area contributed by atoms with Gasteiger partial charge in [0.25, 0.3) is 5.91 Å². The fourth-order valence-corrected chi connectivity index (χ4v) is 4.22. The molecule has 10 nitrogen and oxygen atoms in total. The minimum atomic E-state index is -1.17. The van der Waals surface area contributed by atoms with E-state index in [0.717, 1.165) is 5.56 Å². The van der Waals surface area contributed by atoms with Crippen LogP contribution in [0.25, 0.3) is 10.6 Å². The van der Waals surface area contributed by atoms with E-state index >= 15 is 0 Å². The Balaban J connectivity index is 1.39. The van der Waals surface area contributed by atoms with E-state index in [2.05, 4.69) is 30.8 Å². The van der Waals surface area contributed by atoms with Crippen molar-refractivity contribution < 1.29 is 18.7 Å². The maximum Gasteiger partial charge on any atom is 0.275 e. The number of aromatic amines is 1. The SMILES string of the molecule is CC(=O)Nc1ccc(-c2nc(C(=O)Nc3cn[nH]c3C[C@@H]3CC[C@@H](N)[C@H](F)CO3)cs2)cn1. The van der Waals surface area contributed by atoms with E-state index in [1.807, 2.05) is 0 Å². The van der Waals surface area contributed by atoms with Gasteiger partial charge in [-0.2, -0.15) is 5.10 Å². The number of thiazole rings is 1. The number of hydrogen-bond acceptors (Lipinski definition) is 8. The third kappa shape index (κ3) is 5.78. The number of carbonyl (C=O) groups excluding carboxylic acids is 2. The van der Waals surface area contributed by atoms with Gasteiger partial charge >= 0.3 is 0 Å². The van der Waals surface area contributed by atoms with Crippen LogP contribution in [0.5, 0.6) is 0 Å². The summed E-state index contributed by atoms with van der Waals surface area (Å²) in [6.45, 7) is 1.37. The highest BCUT2D eigenvalue weighted by atomic mass is 32.1. The van der Waals surface area contributed by atoms with Gasteiger partial charge in [0, 0.05) is 36.5 Å². The molecule has 0 bridgehead atoms. The molecule has 0 aliphatic carbocycles. The number of nitrogens with two attached hydrogens (primary N) is 1. The van der Waals surface area contributed by atoms with Gasteiger partial charge in [0.2, 0.25) is 5.91 Å². The maximum absolute atomic E-state index is 13.8. The number of rotatable bonds is 6. The molecule has 0 aromatic carbocycles. The third-order valence-corrected chi connectivity index (χ3v) is 6.12. The molecule has 1 fully saturated rings. The molecule has 2 amide bonds. The first-order valence-electron chi connectivity index (χ1n) is 10.4. The van der Waals surface area contributed by atoms with Crippen molar-refractivity contribution >= 4 is 34.7 Å². The lowest BCUT2D eigenvalue weighted by Crippen LogP contribution is -2.32. The number of amides is 2. The van der Waals surface area contributed by atoms with Gasteiger partial charge in [-0.15, -0.1) is 11.3 Å². The Labute approximate surface area is 193 Å². The second kappa shape index (κ2) is 10.1. The first kappa shape index (κ1) is 23.0. The zero-order valence-corrected chi connectivity index (χ0v) is 18.7. The average Bonchev–Trinajstić information content (AvgIpc) is 3.42. The molecule has 1 aliphatic rings. The van der Waals surface area contributed by atoms with Gasteiger partial charge in [-0.1, -0.05) is 0 Å². The monoisotopic (exact) mass is 473 g/mol. The second-order valence-corrected chi connectivity index (χ2v) is 8.64. The average molecular weight is 474 g/mol. The molecule has 0 radical (unpaired) electrons. The second-order valence-electron chi connectivity index (χ2n) is 7.78. The van der Waals surface area contributed by atoms with Crippen molar-refractivity contribution in [2.75, 3.05) is 17.2 Å². The number of nitrogens with zero attached hydrogens (tertiary/aromatic N) is 3. The van der Waals surface area contributed by atoms with E-state index in [-0.39, 0.29) is 30.2 Å². The highest BCUT2D eigenvalue weighted by Crippen LogP contribution is 2.25. The van der Waals surface area contributed by atoms with Crippen LogP contribution in [0.1, 0.15) is 35.9 Å². The number of pyridine rings is 1. The quantitative estimate of drug-likeness (QED) is 0.430. The van der Waals surface area contributed by atoms with Crippen molar-refractivity contribution in [1.82, 2.24) is 20.2 Å². The summed E-state index contributed by atoms with van der Waals surface area (Å²) in [7, 11) is 0. The lowest BCUT2D eigenvalue weighted by atomic mass is 10.0. The van der Waals surface area contributed by atoms with Crippen molar-refractivity contribution in [3.63, 3.8) is 0 Å². The maximum atomic E-state index is 13.8.